The van der Waals surface area contributed by atoms with Crippen molar-refractivity contribution < 1.29 is 18.7 Å². The van der Waals surface area contributed by atoms with E-state index in [-0.39, 0.29) is 11.5 Å². The highest BCUT2D eigenvalue weighted by Gasteiger charge is 2.36. The van der Waals surface area contributed by atoms with Crippen LogP contribution >= 0.6 is 0 Å². The maximum atomic E-state index is 10.6. The first-order chi connectivity index (χ1) is 8.62. The Bertz CT molecular complexity index is 429. The second kappa shape index (κ2) is 5.92. The summed E-state index contributed by atoms with van der Waals surface area (Å²) in [6, 6.07) is 3.54. The summed E-state index contributed by atoms with van der Waals surface area (Å²) < 4.78 is 11.5. The molecule has 19 heavy (non-hydrogen) atoms. The lowest BCUT2D eigenvalue weighted by atomic mass is 10.2. The van der Waals surface area contributed by atoms with Crippen molar-refractivity contribution in [1.29, 1.82) is 0 Å². The Morgan fingerprint density at radius 1 is 1.32 bits per heavy atom. The third-order valence-corrected chi connectivity index (χ3v) is 8.20. The molecule has 1 aromatic rings. The summed E-state index contributed by atoms with van der Waals surface area (Å²) >= 11 is 0. The molecule has 0 saturated carbocycles. The summed E-state index contributed by atoms with van der Waals surface area (Å²) in [6.07, 6.45) is 0.620. The van der Waals surface area contributed by atoms with Crippen LogP contribution in [-0.2, 0) is 22.1 Å². The van der Waals surface area contributed by atoms with Crippen LogP contribution in [0.25, 0.3) is 0 Å². The molecule has 0 aromatic carbocycles. The smallest absolute Gasteiger partial charge is 0.311 e. The Morgan fingerprint density at radius 2 is 1.89 bits per heavy atom. The number of furan rings is 1. The van der Waals surface area contributed by atoms with Gasteiger partial charge in [0.15, 0.2) is 8.32 Å². The van der Waals surface area contributed by atoms with E-state index in [0.717, 1.165) is 5.76 Å². The van der Waals surface area contributed by atoms with Gasteiger partial charge in [-0.15, -0.1) is 0 Å². The first-order valence-corrected chi connectivity index (χ1v) is 9.46. The minimum atomic E-state index is -1.71. The van der Waals surface area contributed by atoms with Gasteiger partial charge in [-0.05, 0) is 30.3 Å². The van der Waals surface area contributed by atoms with Gasteiger partial charge in [0.05, 0.1) is 0 Å². The van der Waals surface area contributed by atoms with Gasteiger partial charge in [-0.25, -0.2) is 0 Å². The SMILES string of the molecule is CC(C)(C)[Si](C)(C)OCCc1ccc(CC(=O)O)o1. The average molecular weight is 284 g/mol. The summed E-state index contributed by atoms with van der Waals surface area (Å²) in [5.74, 6) is 0.406. The third kappa shape index (κ3) is 4.84. The van der Waals surface area contributed by atoms with E-state index in [9.17, 15) is 4.79 Å². The van der Waals surface area contributed by atoms with E-state index < -0.39 is 14.3 Å². The summed E-state index contributed by atoms with van der Waals surface area (Å²) in [5, 5.41) is 8.87. The fraction of sp³-hybridized carbons (Fsp3) is 0.643. The molecule has 0 radical (unpaired) electrons. The fourth-order valence-corrected chi connectivity index (χ4v) is 2.47. The Hall–Kier alpha value is -1.07. The maximum absolute atomic E-state index is 10.6. The van der Waals surface area contributed by atoms with Crippen LogP contribution in [-0.4, -0.2) is 26.0 Å². The van der Waals surface area contributed by atoms with Crippen molar-refractivity contribution in [2.45, 2.75) is 51.7 Å². The largest absolute Gasteiger partial charge is 0.481 e. The van der Waals surface area contributed by atoms with Crippen molar-refractivity contribution in [2.75, 3.05) is 6.61 Å². The van der Waals surface area contributed by atoms with E-state index in [1.165, 1.54) is 0 Å². The van der Waals surface area contributed by atoms with E-state index in [0.29, 0.717) is 18.8 Å². The number of aliphatic carboxylic acids is 1. The number of rotatable bonds is 6. The highest BCUT2D eigenvalue weighted by molar-refractivity contribution is 6.74. The van der Waals surface area contributed by atoms with Crippen molar-refractivity contribution >= 4 is 14.3 Å². The zero-order valence-electron chi connectivity index (χ0n) is 12.4. The van der Waals surface area contributed by atoms with Crippen LogP contribution in [0, 0.1) is 0 Å². The molecule has 0 spiro atoms. The van der Waals surface area contributed by atoms with E-state index in [1.54, 1.807) is 6.07 Å². The lowest BCUT2D eigenvalue weighted by Gasteiger charge is -2.36. The molecule has 0 fully saturated rings. The van der Waals surface area contributed by atoms with Gasteiger partial charge < -0.3 is 13.9 Å². The summed E-state index contributed by atoms with van der Waals surface area (Å²) in [7, 11) is -1.71. The van der Waals surface area contributed by atoms with Crippen LogP contribution in [0.2, 0.25) is 18.1 Å². The zero-order chi connectivity index (χ0) is 14.7. The van der Waals surface area contributed by atoms with Crippen LogP contribution in [0.1, 0.15) is 32.3 Å². The van der Waals surface area contributed by atoms with Crippen molar-refractivity contribution in [2.24, 2.45) is 0 Å². The van der Waals surface area contributed by atoms with Gasteiger partial charge >= 0.3 is 5.97 Å². The molecule has 0 amide bonds. The average Bonchev–Trinajstić information content (AvgIpc) is 2.62. The van der Waals surface area contributed by atoms with Gasteiger partial charge in [-0.2, -0.15) is 0 Å². The van der Waals surface area contributed by atoms with E-state index >= 15 is 0 Å². The van der Waals surface area contributed by atoms with Gasteiger partial charge in [-0.1, -0.05) is 20.8 Å². The molecular formula is C14H24O4Si. The predicted molar refractivity (Wildman–Crippen MR) is 76.9 cm³/mol. The topological polar surface area (TPSA) is 59.7 Å². The van der Waals surface area contributed by atoms with Gasteiger partial charge in [0.1, 0.15) is 17.9 Å². The molecule has 0 aliphatic carbocycles. The molecule has 0 bridgehead atoms. The number of carboxylic acids is 1. The minimum absolute atomic E-state index is 0.0664. The zero-order valence-corrected chi connectivity index (χ0v) is 13.4. The molecule has 1 aromatic heterocycles. The first kappa shape index (κ1) is 16.0. The van der Waals surface area contributed by atoms with Gasteiger partial charge in [-0.3, -0.25) is 4.79 Å². The standard InChI is InChI=1S/C14H24O4Si/c1-14(2,3)19(4,5)17-9-8-11-6-7-12(18-11)10-13(15)16/h6-7H,8-10H2,1-5H3,(H,15,16). The van der Waals surface area contributed by atoms with Crippen LogP contribution in [0.15, 0.2) is 16.5 Å². The number of hydrogen-bond acceptors (Lipinski definition) is 3. The van der Waals surface area contributed by atoms with Crippen LogP contribution in [0.3, 0.4) is 0 Å². The van der Waals surface area contributed by atoms with Crippen molar-refractivity contribution in [3.05, 3.63) is 23.7 Å². The molecule has 1 heterocycles. The van der Waals surface area contributed by atoms with Crippen molar-refractivity contribution in [3.8, 4) is 0 Å². The predicted octanol–water partition coefficient (Wildman–Crippen LogP) is 3.47. The molecule has 0 aliphatic rings. The monoisotopic (exact) mass is 284 g/mol. The molecule has 1 rings (SSSR count). The lowest BCUT2D eigenvalue weighted by molar-refractivity contribution is -0.136. The molecule has 0 unspecified atom stereocenters. The Labute approximate surface area is 115 Å². The summed E-state index contributed by atoms with van der Waals surface area (Å²) in [4.78, 5) is 10.6. The van der Waals surface area contributed by atoms with Gasteiger partial charge in [0.2, 0.25) is 0 Å². The number of carboxylic acid groups (broad SMARTS) is 1. The fourth-order valence-electron chi connectivity index (χ4n) is 1.42. The normalized spacial score (nSPS) is 12.7. The van der Waals surface area contributed by atoms with E-state index in [1.807, 2.05) is 6.07 Å². The number of carbonyl (C=O) groups is 1. The van der Waals surface area contributed by atoms with Gasteiger partial charge in [0, 0.05) is 13.0 Å². The Morgan fingerprint density at radius 3 is 2.42 bits per heavy atom. The summed E-state index contributed by atoms with van der Waals surface area (Å²) in [6.45, 7) is 11.7. The minimum Gasteiger partial charge on any atom is -0.481 e. The quantitative estimate of drug-likeness (QED) is 0.813. The third-order valence-electron chi connectivity index (χ3n) is 3.66. The Balaban J connectivity index is 2.45. The van der Waals surface area contributed by atoms with Crippen LogP contribution in [0.4, 0.5) is 0 Å². The molecule has 0 aliphatic heterocycles. The molecule has 108 valence electrons. The lowest BCUT2D eigenvalue weighted by Crippen LogP contribution is -2.41. The van der Waals surface area contributed by atoms with Crippen molar-refractivity contribution in [3.63, 3.8) is 0 Å². The summed E-state index contributed by atoms with van der Waals surface area (Å²) in [5.41, 5.74) is 0. The molecule has 0 atom stereocenters. The highest BCUT2D eigenvalue weighted by Crippen LogP contribution is 2.36. The van der Waals surface area contributed by atoms with E-state index in [4.69, 9.17) is 13.9 Å². The molecule has 5 heteroatoms. The Kier molecular flexibility index (Phi) is 4.98. The molecule has 4 nitrogen and oxygen atoms in total. The van der Waals surface area contributed by atoms with E-state index in [2.05, 4.69) is 33.9 Å². The number of hydrogen-bond donors (Lipinski definition) is 1. The molecule has 0 saturated heterocycles. The first-order valence-electron chi connectivity index (χ1n) is 6.55. The molecule has 1 N–H and O–H groups in total. The maximum Gasteiger partial charge on any atom is 0.311 e. The van der Waals surface area contributed by atoms with Crippen molar-refractivity contribution in [1.82, 2.24) is 0 Å². The molecular weight excluding hydrogens is 260 g/mol. The van der Waals surface area contributed by atoms with Crippen LogP contribution in [0.5, 0.6) is 0 Å². The second-order valence-corrected chi connectivity index (χ2v) is 11.1. The van der Waals surface area contributed by atoms with Gasteiger partial charge in [0.25, 0.3) is 0 Å². The second-order valence-electron chi connectivity index (χ2n) is 6.30. The highest BCUT2D eigenvalue weighted by atomic mass is 28.4. The van der Waals surface area contributed by atoms with Crippen LogP contribution < -0.4 is 0 Å².